The lowest BCUT2D eigenvalue weighted by molar-refractivity contribution is 0.170. The van der Waals surface area contributed by atoms with Crippen LogP contribution >= 0.6 is 15.9 Å². The van der Waals surface area contributed by atoms with Crippen molar-refractivity contribution in [3.8, 4) is 11.5 Å². The zero-order chi connectivity index (χ0) is 13.8. The lowest BCUT2D eigenvalue weighted by Gasteiger charge is -2.15. The molecule has 4 heteroatoms. The van der Waals surface area contributed by atoms with Crippen molar-refractivity contribution in [1.29, 1.82) is 0 Å². The smallest absolute Gasteiger partial charge is 0.144 e. The number of ether oxygens (including phenoxy) is 1. The van der Waals surface area contributed by atoms with E-state index in [0.29, 0.717) is 28.0 Å². The topological polar surface area (TPSA) is 29.5 Å². The van der Waals surface area contributed by atoms with Gasteiger partial charge in [-0.15, -0.1) is 0 Å². The largest absolute Gasteiger partial charge is 0.456 e. The minimum absolute atomic E-state index is 0.369. The number of rotatable bonds is 4. The summed E-state index contributed by atoms with van der Waals surface area (Å²) in [4.78, 5) is 0. The lowest BCUT2D eigenvalue weighted by Crippen LogP contribution is -1.99. The number of hydrogen-bond acceptors (Lipinski definition) is 2. The Labute approximate surface area is 120 Å². The van der Waals surface area contributed by atoms with Crippen molar-refractivity contribution in [3.05, 3.63) is 58.3 Å². The molecule has 2 aromatic rings. The summed E-state index contributed by atoms with van der Waals surface area (Å²) in [5, 5.41) is 9.95. The quantitative estimate of drug-likeness (QED) is 0.873. The summed E-state index contributed by atoms with van der Waals surface area (Å²) < 4.78 is 19.6. The number of halogens is 2. The monoisotopic (exact) mass is 324 g/mol. The number of hydrogen-bond donors (Lipinski definition) is 1. The Bertz CT molecular complexity index is 572. The Morgan fingerprint density at radius 2 is 1.95 bits per heavy atom. The van der Waals surface area contributed by atoms with Gasteiger partial charge < -0.3 is 9.84 Å². The van der Waals surface area contributed by atoms with Gasteiger partial charge in [0.25, 0.3) is 0 Å². The third-order valence-electron chi connectivity index (χ3n) is 2.78. The highest BCUT2D eigenvalue weighted by Crippen LogP contribution is 2.34. The molecule has 0 aliphatic rings. The molecule has 1 atom stereocenters. The van der Waals surface area contributed by atoms with Crippen LogP contribution in [0.5, 0.6) is 11.5 Å². The first-order chi connectivity index (χ1) is 9.11. The van der Waals surface area contributed by atoms with Gasteiger partial charge >= 0.3 is 0 Å². The molecule has 0 radical (unpaired) electrons. The first-order valence-electron chi connectivity index (χ1n) is 6.01. The van der Waals surface area contributed by atoms with Crippen molar-refractivity contribution in [2.75, 3.05) is 0 Å². The average Bonchev–Trinajstić information content (AvgIpc) is 2.42. The van der Waals surface area contributed by atoms with E-state index in [1.165, 1.54) is 12.1 Å². The second-order valence-electron chi connectivity index (χ2n) is 4.14. The molecule has 0 spiro atoms. The Hall–Kier alpha value is -1.39. The third kappa shape index (κ3) is 3.33. The van der Waals surface area contributed by atoms with Gasteiger partial charge in [-0.05, 0) is 40.5 Å². The second-order valence-corrected chi connectivity index (χ2v) is 4.99. The maximum Gasteiger partial charge on any atom is 0.144 e. The van der Waals surface area contributed by atoms with E-state index >= 15 is 0 Å². The van der Waals surface area contributed by atoms with Crippen LogP contribution in [0.1, 0.15) is 25.0 Å². The lowest BCUT2D eigenvalue weighted by atomic mass is 10.1. The van der Waals surface area contributed by atoms with E-state index in [9.17, 15) is 9.50 Å². The predicted molar refractivity (Wildman–Crippen MR) is 75.9 cm³/mol. The molecule has 2 rings (SSSR count). The predicted octanol–water partition coefficient (Wildman–Crippen LogP) is 4.82. The van der Waals surface area contributed by atoms with Gasteiger partial charge in [-0.2, -0.15) is 0 Å². The average molecular weight is 325 g/mol. The Kier molecular flexibility index (Phi) is 4.56. The van der Waals surface area contributed by atoms with Crippen LogP contribution in [0, 0.1) is 5.82 Å². The van der Waals surface area contributed by atoms with E-state index in [-0.39, 0.29) is 5.82 Å². The molecule has 0 aliphatic carbocycles. The summed E-state index contributed by atoms with van der Waals surface area (Å²) in [6, 6.07) is 11.4. The standard InChI is InChI=1S/C15H14BrFO2/c1-2-13(18)11-5-3-4-6-14(11)19-15-9-10(17)7-8-12(15)16/h3-9,13,18H,2H2,1H3/t13-/m0/s1. The second kappa shape index (κ2) is 6.17. The minimum Gasteiger partial charge on any atom is -0.456 e. The van der Waals surface area contributed by atoms with Crippen LogP contribution in [-0.4, -0.2) is 5.11 Å². The van der Waals surface area contributed by atoms with Crippen molar-refractivity contribution in [2.45, 2.75) is 19.4 Å². The highest BCUT2D eigenvalue weighted by Gasteiger charge is 2.13. The molecule has 0 fully saturated rings. The summed E-state index contributed by atoms with van der Waals surface area (Å²) in [5.41, 5.74) is 0.696. The van der Waals surface area contributed by atoms with Crippen molar-refractivity contribution in [3.63, 3.8) is 0 Å². The van der Waals surface area contributed by atoms with Crippen LogP contribution in [0.25, 0.3) is 0 Å². The Morgan fingerprint density at radius 3 is 2.68 bits per heavy atom. The SMILES string of the molecule is CC[C@H](O)c1ccccc1Oc1cc(F)ccc1Br. The first-order valence-corrected chi connectivity index (χ1v) is 6.81. The van der Waals surface area contributed by atoms with Crippen molar-refractivity contribution in [2.24, 2.45) is 0 Å². The summed E-state index contributed by atoms with van der Waals surface area (Å²) in [6.45, 7) is 1.89. The van der Waals surface area contributed by atoms with Crippen molar-refractivity contribution in [1.82, 2.24) is 0 Å². The Balaban J connectivity index is 2.35. The third-order valence-corrected chi connectivity index (χ3v) is 3.43. The zero-order valence-corrected chi connectivity index (χ0v) is 12.0. The normalized spacial score (nSPS) is 12.2. The fraction of sp³-hybridized carbons (Fsp3) is 0.200. The molecule has 0 aliphatic heterocycles. The van der Waals surface area contributed by atoms with Crippen LogP contribution in [0.3, 0.4) is 0 Å². The summed E-state index contributed by atoms with van der Waals surface area (Å²) in [5.74, 6) is 0.547. The van der Waals surface area contributed by atoms with Crippen LogP contribution < -0.4 is 4.74 Å². The Morgan fingerprint density at radius 1 is 1.21 bits per heavy atom. The highest BCUT2D eigenvalue weighted by atomic mass is 79.9. The molecule has 100 valence electrons. The van der Waals surface area contributed by atoms with Gasteiger partial charge in [-0.3, -0.25) is 0 Å². The van der Waals surface area contributed by atoms with E-state index in [0.717, 1.165) is 0 Å². The molecule has 0 heterocycles. The van der Waals surface area contributed by atoms with E-state index in [2.05, 4.69) is 15.9 Å². The maximum atomic E-state index is 13.2. The van der Waals surface area contributed by atoms with E-state index in [4.69, 9.17) is 4.74 Å². The summed E-state index contributed by atoms with van der Waals surface area (Å²) in [7, 11) is 0. The molecular weight excluding hydrogens is 311 g/mol. The fourth-order valence-corrected chi connectivity index (χ4v) is 2.07. The number of para-hydroxylation sites is 1. The number of benzene rings is 2. The number of aliphatic hydroxyl groups excluding tert-OH is 1. The summed E-state index contributed by atoms with van der Waals surface area (Å²) in [6.07, 6.45) is -0.00596. The molecule has 0 unspecified atom stereocenters. The zero-order valence-electron chi connectivity index (χ0n) is 10.4. The van der Waals surface area contributed by atoms with Gasteiger partial charge in [-0.25, -0.2) is 4.39 Å². The molecular formula is C15H14BrFO2. The van der Waals surface area contributed by atoms with E-state index in [1.807, 2.05) is 19.1 Å². The van der Waals surface area contributed by atoms with Crippen LogP contribution in [0.4, 0.5) is 4.39 Å². The first kappa shape index (κ1) is 14.0. The molecule has 0 saturated heterocycles. The summed E-state index contributed by atoms with van der Waals surface area (Å²) >= 11 is 3.31. The van der Waals surface area contributed by atoms with E-state index < -0.39 is 6.10 Å². The molecule has 0 amide bonds. The van der Waals surface area contributed by atoms with Gasteiger partial charge in [0.2, 0.25) is 0 Å². The molecule has 2 aromatic carbocycles. The highest BCUT2D eigenvalue weighted by molar-refractivity contribution is 9.10. The van der Waals surface area contributed by atoms with Crippen LogP contribution in [-0.2, 0) is 0 Å². The maximum absolute atomic E-state index is 13.2. The van der Waals surface area contributed by atoms with Crippen LogP contribution in [0.2, 0.25) is 0 Å². The molecule has 1 N–H and O–H groups in total. The molecule has 2 nitrogen and oxygen atoms in total. The van der Waals surface area contributed by atoms with Gasteiger partial charge in [0, 0.05) is 11.6 Å². The van der Waals surface area contributed by atoms with Crippen molar-refractivity contribution >= 4 is 15.9 Å². The van der Waals surface area contributed by atoms with Crippen LogP contribution in [0.15, 0.2) is 46.9 Å². The van der Waals surface area contributed by atoms with E-state index in [1.54, 1.807) is 18.2 Å². The van der Waals surface area contributed by atoms with Gasteiger partial charge in [-0.1, -0.05) is 25.1 Å². The van der Waals surface area contributed by atoms with Gasteiger partial charge in [0.05, 0.1) is 10.6 Å². The molecule has 0 aromatic heterocycles. The molecule has 0 saturated carbocycles. The molecule has 0 bridgehead atoms. The molecule has 19 heavy (non-hydrogen) atoms. The van der Waals surface area contributed by atoms with Crippen molar-refractivity contribution < 1.29 is 14.2 Å². The van der Waals surface area contributed by atoms with Gasteiger partial charge in [0.1, 0.15) is 17.3 Å². The van der Waals surface area contributed by atoms with Gasteiger partial charge in [0.15, 0.2) is 0 Å². The number of aliphatic hydroxyl groups is 1. The minimum atomic E-state index is -0.594. The fourth-order valence-electron chi connectivity index (χ4n) is 1.74.